The third-order valence-electron chi connectivity index (χ3n) is 5.20. The summed E-state index contributed by atoms with van der Waals surface area (Å²) in [5.74, 6) is -0.0558. The van der Waals surface area contributed by atoms with Crippen LogP contribution in [0.2, 0.25) is 0 Å². The molecule has 2 aliphatic rings. The van der Waals surface area contributed by atoms with Crippen LogP contribution in [-0.2, 0) is 11.3 Å². The lowest BCUT2D eigenvalue weighted by molar-refractivity contribution is -0.120. The topological polar surface area (TPSA) is 77.0 Å². The maximum atomic E-state index is 12.4. The molecule has 0 atom stereocenters. The smallest absolute Gasteiger partial charge is 0.251 e. The van der Waals surface area contributed by atoms with Crippen molar-refractivity contribution in [1.29, 1.82) is 0 Å². The van der Waals surface area contributed by atoms with Crippen molar-refractivity contribution in [2.45, 2.75) is 19.9 Å². The van der Waals surface area contributed by atoms with Gasteiger partial charge in [0.25, 0.3) is 5.91 Å². The SMILES string of the molecule is CC1=NN(c2ccc(C(=O)NCc3ccc(N4CCNC(=O)C4)cc3)cc2)CC1. The van der Waals surface area contributed by atoms with Gasteiger partial charge in [0.15, 0.2) is 0 Å². The Bertz CT molecular complexity index is 921. The molecule has 0 aromatic heterocycles. The van der Waals surface area contributed by atoms with Gasteiger partial charge in [0, 0.05) is 49.6 Å². The highest BCUT2D eigenvalue weighted by molar-refractivity contribution is 5.94. The number of nitrogens with zero attached hydrogens (tertiary/aromatic N) is 3. The van der Waals surface area contributed by atoms with Crippen LogP contribution in [0.25, 0.3) is 0 Å². The Hall–Kier alpha value is -3.35. The van der Waals surface area contributed by atoms with Crippen LogP contribution in [0.4, 0.5) is 11.4 Å². The Kier molecular flexibility index (Phi) is 5.46. The summed E-state index contributed by atoms with van der Waals surface area (Å²) in [6.45, 7) is 5.22. The van der Waals surface area contributed by atoms with Crippen molar-refractivity contribution >= 4 is 28.9 Å². The molecule has 2 aliphatic heterocycles. The van der Waals surface area contributed by atoms with Crippen molar-refractivity contribution in [3.05, 3.63) is 59.7 Å². The van der Waals surface area contributed by atoms with Crippen LogP contribution in [-0.4, -0.2) is 43.7 Å². The molecule has 0 unspecified atom stereocenters. The second kappa shape index (κ2) is 8.34. The van der Waals surface area contributed by atoms with Crippen LogP contribution in [0.5, 0.6) is 0 Å². The van der Waals surface area contributed by atoms with Crippen LogP contribution in [0.15, 0.2) is 53.6 Å². The predicted molar refractivity (Wildman–Crippen MR) is 114 cm³/mol. The third-order valence-corrected chi connectivity index (χ3v) is 5.20. The van der Waals surface area contributed by atoms with E-state index in [9.17, 15) is 9.59 Å². The van der Waals surface area contributed by atoms with Gasteiger partial charge in [-0.15, -0.1) is 0 Å². The molecule has 2 aromatic rings. The Morgan fingerprint density at radius 3 is 2.45 bits per heavy atom. The Morgan fingerprint density at radius 1 is 1.07 bits per heavy atom. The maximum absolute atomic E-state index is 12.4. The van der Waals surface area contributed by atoms with E-state index in [4.69, 9.17) is 0 Å². The van der Waals surface area contributed by atoms with Gasteiger partial charge in [-0.05, 0) is 48.9 Å². The van der Waals surface area contributed by atoms with Crippen LogP contribution in [0, 0.1) is 0 Å². The van der Waals surface area contributed by atoms with E-state index in [1.165, 1.54) is 0 Å². The summed E-state index contributed by atoms with van der Waals surface area (Å²) in [4.78, 5) is 26.0. The first-order valence-electron chi connectivity index (χ1n) is 9.89. The van der Waals surface area contributed by atoms with E-state index in [0.29, 0.717) is 25.2 Å². The van der Waals surface area contributed by atoms with Crippen molar-refractivity contribution < 1.29 is 9.59 Å². The summed E-state index contributed by atoms with van der Waals surface area (Å²) in [6.07, 6.45) is 0.978. The van der Waals surface area contributed by atoms with Gasteiger partial charge >= 0.3 is 0 Å². The molecule has 0 bridgehead atoms. The number of nitrogens with one attached hydrogen (secondary N) is 2. The van der Waals surface area contributed by atoms with Crippen LogP contribution >= 0.6 is 0 Å². The van der Waals surface area contributed by atoms with Gasteiger partial charge in [-0.1, -0.05) is 12.1 Å². The molecule has 1 fully saturated rings. The minimum Gasteiger partial charge on any atom is -0.360 e. The zero-order valence-electron chi connectivity index (χ0n) is 16.5. The Balaban J connectivity index is 1.31. The van der Waals surface area contributed by atoms with E-state index < -0.39 is 0 Å². The molecular formula is C22H25N5O2. The molecule has 2 heterocycles. The highest BCUT2D eigenvalue weighted by Crippen LogP contribution is 2.20. The number of hydrogen-bond acceptors (Lipinski definition) is 5. The first-order valence-corrected chi connectivity index (χ1v) is 9.89. The quantitative estimate of drug-likeness (QED) is 0.819. The molecular weight excluding hydrogens is 366 g/mol. The first kappa shape index (κ1) is 19.0. The number of carbonyl (C=O) groups is 2. The fourth-order valence-electron chi connectivity index (χ4n) is 3.51. The van der Waals surface area contributed by atoms with E-state index in [-0.39, 0.29) is 11.8 Å². The molecule has 7 heteroatoms. The molecule has 0 saturated carbocycles. The molecule has 7 nitrogen and oxygen atoms in total. The molecule has 29 heavy (non-hydrogen) atoms. The van der Waals surface area contributed by atoms with Crippen molar-refractivity contribution in [2.24, 2.45) is 5.10 Å². The lowest BCUT2D eigenvalue weighted by Gasteiger charge is -2.28. The molecule has 0 radical (unpaired) electrons. The highest BCUT2D eigenvalue weighted by Gasteiger charge is 2.16. The number of amides is 2. The standard InChI is InChI=1S/C22H25N5O2/c1-16-10-12-27(25-16)20-8-4-18(5-9-20)22(29)24-14-17-2-6-19(7-3-17)26-13-11-23-21(28)15-26/h2-9H,10-15H2,1H3,(H,23,28)(H,24,29). The van der Waals surface area contributed by atoms with Gasteiger partial charge in [0.1, 0.15) is 0 Å². The van der Waals surface area contributed by atoms with Crippen molar-refractivity contribution in [1.82, 2.24) is 10.6 Å². The van der Waals surface area contributed by atoms with E-state index in [0.717, 1.165) is 42.2 Å². The number of hydrazone groups is 1. The molecule has 150 valence electrons. The molecule has 1 saturated heterocycles. The highest BCUT2D eigenvalue weighted by atomic mass is 16.2. The minimum absolute atomic E-state index is 0.0466. The van der Waals surface area contributed by atoms with Gasteiger partial charge in [-0.3, -0.25) is 14.6 Å². The van der Waals surface area contributed by atoms with Crippen LogP contribution in [0.1, 0.15) is 29.3 Å². The molecule has 4 rings (SSSR count). The lowest BCUT2D eigenvalue weighted by Crippen LogP contribution is -2.47. The van der Waals surface area contributed by atoms with E-state index in [1.807, 2.05) is 60.5 Å². The molecule has 2 aromatic carbocycles. The van der Waals surface area contributed by atoms with E-state index in [1.54, 1.807) is 0 Å². The largest absolute Gasteiger partial charge is 0.360 e. The summed E-state index contributed by atoms with van der Waals surface area (Å²) < 4.78 is 0. The zero-order valence-corrected chi connectivity index (χ0v) is 16.5. The van der Waals surface area contributed by atoms with Crippen molar-refractivity contribution in [3.8, 4) is 0 Å². The van der Waals surface area contributed by atoms with Gasteiger partial charge in [0.05, 0.1) is 12.2 Å². The predicted octanol–water partition coefficient (Wildman–Crippen LogP) is 2.14. The zero-order chi connectivity index (χ0) is 20.2. The molecule has 0 spiro atoms. The summed E-state index contributed by atoms with van der Waals surface area (Å²) in [5, 5.41) is 12.2. The van der Waals surface area contributed by atoms with Crippen molar-refractivity contribution in [3.63, 3.8) is 0 Å². The van der Waals surface area contributed by atoms with Crippen LogP contribution in [0.3, 0.4) is 0 Å². The average molecular weight is 391 g/mol. The second-order valence-corrected chi connectivity index (χ2v) is 7.38. The van der Waals surface area contributed by atoms with Crippen LogP contribution < -0.4 is 20.5 Å². The monoisotopic (exact) mass is 391 g/mol. The van der Waals surface area contributed by atoms with Crippen molar-refractivity contribution in [2.75, 3.05) is 36.1 Å². The fraction of sp³-hybridized carbons (Fsp3) is 0.318. The Morgan fingerprint density at radius 2 is 1.79 bits per heavy atom. The Labute approximate surface area is 170 Å². The lowest BCUT2D eigenvalue weighted by atomic mass is 10.1. The molecule has 2 N–H and O–H groups in total. The number of anilines is 2. The van der Waals surface area contributed by atoms with Gasteiger partial charge < -0.3 is 15.5 Å². The van der Waals surface area contributed by atoms with E-state index in [2.05, 4.69) is 20.6 Å². The van der Waals surface area contributed by atoms with E-state index >= 15 is 0 Å². The van der Waals surface area contributed by atoms with Gasteiger partial charge in [-0.2, -0.15) is 5.10 Å². The minimum atomic E-state index is -0.102. The summed E-state index contributed by atoms with van der Waals surface area (Å²) in [5.41, 5.74) is 4.79. The number of piperazine rings is 1. The molecule has 0 aliphatic carbocycles. The van der Waals surface area contributed by atoms with Gasteiger partial charge in [-0.25, -0.2) is 0 Å². The average Bonchev–Trinajstić information content (AvgIpc) is 3.19. The number of benzene rings is 2. The maximum Gasteiger partial charge on any atom is 0.251 e. The molecule has 2 amide bonds. The normalized spacial score (nSPS) is 16.4. The van der Waals surface area contributed by atoms with Gasteiger partial charge in [0.2, 0.25) is 5.91 Å². The number of hydrogen-bond donors (Lipinski definition) is 2. The first-order chi connectivity index (χ1) is 14.1. The fourth-order valence-corrected chi connectivity index (χ4v) is 3.51. The summed E-state index contributed by atoms with van der Waals surface area (Å²) in [7, 11) is 0. The summed E-state index contributed by atoms with van der Waals surface area (Å²) in [6, 6.07) is 15.5. The summed E-state index contributed by atoms with van der Waals surface area (Å²) >= 11 is 0. The second-order valence-electron chi connectivity index (χ2n) is 7.38. The third kappa shape index (κ3) is 4.56. The number of carbonyl (C=O) groups excluding carboxylic acids is 2. The number of rotatable bonds is 5.